The molecule has 0 spiro atoms. The third-order valence-electron chi connectivity index (χ3n) is 5.86. The van der Waals surface area contributed by atoms with Gasteiger partial charge in [-0.05, 0) is 44.4 Å². The van der Waals surface area contributed by atoms with Gasteiger partial charge in [-0.15, -0.1) is 0 Å². The van der Waals surface area contributed by atoms with Crippen molar-refractivity contribution in [3.63, 3.8) is 0 Å². The van der Waals surface area contributed by atoms with Crippen molar-refractivity contribution >= 4 is 11.7 Å². The Morgan fingerprint density at radius 1 is 1.18 bits per heavy atom. The molecule has 0 saturated carbocycles. The fraction of sp³-hybridized carbons (Fsp3) is 0.600. The first kappa shape index (κ1) is 18.9. The molecule has 4 heterocycles. The predicted octanol–water partition coefficient (Wildman–Crippen LogP) is 2.35. The van der Waals surface area contributed by atoms with Crippen molar-refractivity contribution in [2.45, 2.75) is 44.7 Å². The van der Waals surface area contributed by atoms with Gasteiger partial charge in [-0.25, -0.2) is 4.98 Å². The van der Waals surface area contributed by atoms with Crippen LogP contribution in [-0.2, 0) is 4.79 Å². The number of piperidine rings is 1. The van der Waals surface area contributed by atoms with Gasteiger partial charge >= 0.3 is 0 Å². The largest absolute Gasteiger partial charge is 0.363 e. The Kier molecular flexibility index (Phi) is 5.30. The molecule has 4 rings (SSSR count). The predicted molar refractivity (Wildman–Crippen MR) is 106 cm³/mol. The zero-order chi connectivity index (χ0) is 19.7. The SMILES string of the molecule is CC(=O)N1CCC(N2CCCC2c2nc(-c3ccc(N(C)C)nc3)no2)CC1. The van der Waals surface area contributed by atoms with Crippen LogP contribution in [-0.4, -0.2) is 70.6 Å². The van der Waals surface area contributed by atoms with Crippen LogP contribution in [0.1, 0.15) is 44.5 Å². The quantitative estimate of drug-likeness (QED) is 0.800. The minimum Gasteiger partial charge on any atom is -0.363 e. The van der Waals surface area contributed by atoms with Crippen LogP contribution in [0.4, 0.5) is 5.82 Å². The molecular formula is C20H28N6O2. The molecule has 2 fully saturated rings. The minimum atomic E-state index is 0.170. The van der Waals surface area contributed by atoms with Gasteiger partial charge in [0.05, 0.1) is 6.04 Å². The maximum atomic E-state index is 11.6. The molecule has 0 aromatic carbocycles. The Morgan fingerprint density at radius 2 is 1.96 bits per heavy atom. The fourth-order valence-corrected chi connectivity index (χ4v) is 4.27. The van der Waals surface area contributed by atoms with E-state index in [9.17, 15) is 4.79 Å². The molecule has 8 nitrogen and oxygen atoms in total. The highest BCUT2D eigenvalue weighted by atomic mass is 16.5. The number of rotatable bonds is 4. The molecule has 2 aliphatic heterocycles. The molecule has 1 atom stereocenters. The standard InChI is InChI=1S/C20H28N6O2/c1-14(27)25-11-8-16(9-12-25)26-10-4-5-17(26)20-22-19(23-28-20)15-6-7-18(21-13-15)24(2)3/h6-7,13,16-17H,4-5,8-12H2,1-3H3. The van der Waals surface area contributed by atoms with Crippen molar-refractivity contribution in [3.05, 3.63) is 24.2 Å². The summed E-state index contributed by atoms with van der Waals surface area (Å²) >= 11 is 0. The number of hydrogen-bond donors (Lipinski definition) is 0. The van der Waals surface area contributed by atoms with Crippen LogP contribution < -0.4 is 4.90 Å². The summed E-state index contributed by atoms with van der Waals surface area (Å²) in [6.07, 6.45) is 5.97. The molecular weight excluding hydrogens is 356 g/mol. The second-order valence-corrected chi connectivity index (χ2v) is 7.89. The summed E-state index contributed by atoms with van der Waals surface area (Å²) < 4.78 is 5.66. The zero-order valence-electron chi connectivity index (χ0n) is 16.8. The third kappa shape index (κ3) is 3.73. The molecule has 0 radical (unpaired) electrons. The Bertz CT molecular complexity index is 810. The van der Waals surface area contributed by atoms with Crippen molar-refractivity contribution in [2.75, 3.05) is 38.6 Å². The summed E-state index contributed by atoms with van der Waals surface area (Å²) in [6.45, 7) is 4.37. The topological polar surface area (TPSA) is 78.6 Å². The Morgan fingerprint density at radius 3 is 2.61 bits per heavy atom. The van der Waals surface area contributed by atoms with Crippen LogP contribution in [0.25, 0.3) is 11.4 Å². The van der Waals surface area contributed by atoms with Crippen molar-refractivity contribution < 1.29 is 9.32 Å². The minimum absolute atomic E-state index is 0.170. The van der Waals surface area contributed by atoms with Crippen molar-refractivity contribution in [2.24, 2.45) is 0 Å². The van der Waals surface area contributed by atoms with E-state index in [0.29, 0.717) is 17.8 Å². The van der Waals surface area contributed by atoms with Crippen molar-refractivity contribution in [1.29, 1.82) is 0 Å². The average molecular weight is 384 g/mol. The van der Waals surface area contributed by atoms with Crippen LogP contribution in [0.2, 0.25) is 0 Å². The highest BCUT2D eigenvalue weighted by Crippen LogP contribution is 2.36. The third-order valence-corrected chi connectivity index (χ3v) is 5.86. The number of aromatic nitrogens is 3. The highest BCUT2D eigenvalue weighted by Gasteiger charge is 2.37. The molecule has 1 amide bonds. The summed E-state index contributed by atoms with van der Waals surface area (Å²) in [5.41, 5.74) is 0.861. The summed E-state index contributed by atoms with van der Waals surface area (Å²) in [6, 6.07) is 4.57. The van der Waals surface area contributed by atoms with Crippen LogP contribution >= 0.6 is 0 Å². The zero-order valence-corrected chi connectivity index (χ0v) is 16.8. The normalized spacial score (nSPS) is 21.2. The maximum absolute atomic E-state index is 11.6. The summed E-state index contributed by atoms with van der Waals surface area (Å²) in [4.78, 5) is 27.1. The smallest absolute Gasteiger partial charge is 0.244 e. The monoisotopic (exact) mass is 384 g/mol. The molecule has 2 aromatic heterocycles. The summed E-state index contributed by atoms with van der Waals surface area (Å²) in [7, 11) is 3.92. The lowest BCUT2D eigenvalue weighted by atomic mass is 10.0. The first-order chi connectivity index (χ1) is 13.5. The number of amides is 1. The van der Waals surface area contributed by atoms with E-state index in [1.54, 1.807) is 13.1 Å². The van der Waals surface area contributed by atoms with Gasteiger partial charge in [0.2, 0.25) is 17.6 Å². The van der Waals surface area contributed by atoms with E-state index in [1.165, 1.54) is 0 Å². The van der Waals surface area contributed by atoms with E-state index >= 15 is 0 Å². The van der Waals surface area contributed by atoms with Crippen LogP contribution in [0, 0.1) is 0 Å². The van der Waals surface area contributed by atoms with E-state index in [4.69, 9.17) is 4.52 Å². The van der Waals surface area contributed by atoms with E-state index in [2.05, 4.69) is 20.0 Å². The van der Waals surface area contributed by atoms with E-state index in [1.807, 2.05) is 36.0 Å². The number of anilines is 1. The number of likely N-dealkylation sites (tertiary alicyclic amines) is 2. The average Bonchev–Trinajstić information content (AvgIpc) is 3.37. The van der Waals surface area contributed by atoms with Gasteiger partial charge in [0, 0.05) is 51.9 Å². The van der Waals surface area contributed by atoms with E-state index < -0.39 is 0 Å². The molecule has 0 aliphatic carbocycles. The first-order valence-corrected chi connectivity index (χ1v) is 10.0. The Labute approximate surface area is 165 Å². The molecule has 28 heavy (non-hydrogen) atoms. The molecule has 2 aromatic rings. The molecule has 0 bridgehead atoms. The number of carbonyl (C=O) groups excluding carboxylic acids is 1. The molecule has 1 unspecified atom stereocenters. The second kappa shape index (κ2) is 7.87. The lowest BCUT2D eigenvalue weighted by molar-refractivity contribution is -0.130. The number of nitrogens with zero attached hydrogens (tertiary/aromatic N) is 6. The number of carbonyl (C=O) groups is 1. The summed E-state index contributed by atoms with van der Waals surface area (Å²) in [5.74, 6) is 2.35. The van der Waals surface area contributed by atoms with Crippen molar-refractivity contribution in [1.82, 2.24) is 24.9 Å². The van der Waals surface area contributed by atoms with E-state index in [-0.39, 0.29) is 11.9 Å². The maximum Gasteiger partial charge on any atom is 0.244 e. The molecule has 8 heteroatoms. The van der Waals surface area contributed by atoms with Crippen LogP contribution in [0.15, 0.2) is 22.9 Å². The van der Waals surface area contributed by atoms with Crippen LogP contribution in [0.5, 0.6) is 0 Å². The summed E-state index contributed by atoms with van der Waals surface area (Å²) in [5, 5.41) is 4.20. The van der Waals surface area contributed by atoms with Gasteiger partial charge in [-0.1, -0.05) is 5.16 Å². The Balaban J connectivity index is 1.46. The number of hydrogen-bond acceptors (Lipinski definition) is 7. The molecule has 2 aliphatic rings. The van der Waals surface area contributed by atoms with Gasteiger partial charge in [-0.2, -0.15) is 4.98 Å². The Hall–Kier alpha value is -2.48. The molecule has 150 valence electrons. The van der Waals surface area contributed by atoms with Gasteiger partial charge in [0.1, 0.15) is 5.82 Å². The first-order valence-electron chi connectivity index (χ1n) is 10.0. The molecule has 0 N–H and O–H groups in total. The number of pyridine rings is 1. The lowest BCUT2D eigenvalue weighted by Crippen LogP contribution is -2.46. The van der Waals surface area contributed by atoms with Gasteiger partial charge in [0.15, 0.2) is 0 Å². The fourth-order valence-electron chi connectivity index (χ4n) is 4.27. The second-order valence-electron chi connectivity index (χ2n) is 7.89. The lowest BCUT2D eigenvalue weighted by Gasteiger charge is -2.38. The van der Waals surface area contributed by atoms with Crippen molar-refractivity contribution in [3.8, 4) is 11.4 Å². The highest BCUT2D eigenvalue weighted by molar-refractivity contribution is 5.73. The molecule has 2 saturated heterocycles. The van der Waals surface area contributed by atoms with Gasteiger partial charge < -0.3 is 14.3 Å². The van der Waals surface area contributed by atoms with Gasteiger partial charge in [-0.3, -0.25) is 9.69 Å². The van der Waals surface area contributed by atoms with Crippen LogP contribution in [0.3, 0.4) is 0 Å². The van der Waals surface area contributed by atoms with E-state index in [0.717, 1.165) is 56.7 Å². The van der Waals surface area contributed by atoms with Gasteiger partial charge in [0.25, 0.3) is 0 Å².